The van der Waals surface area contributed by atoms with Crippen molar-refractivity contribution < 1.29 is 9.90 Å². The summed E-state index contributed by atoms with van der Waals surface area (Å²) >= 11 is 0. The number of nitrogens with zero attached hydrogens (tertiary/aromatic N) is 2. The summed E-state index contributed by atoms with van der Waals surface area (Å²) < 4.78 is 1.86. The third-order valence-corrected chi connectivity index (χ3v) is 3.09. The quantitative estimate of drug-likeness (QED) is 0.876. The van der Waals surface area contributed by atoms with Crippen LogP contribution in [0.1, 0.15) is 37.6 Å². The van der Waals surface area contributed by atoms with Crippen LogP contribution in [-0.2, 0) is 16.8 Å². The van der Waals surface area contributed by atoms with Crippen LogP contribution in [0.4, 0.5) is 0 Å². The first-order chi connectivity index (χ1) is 9.86. The van der Waals surface area contributed by atoms with Gasteiger partial charge in [0.05, 0.1) is 12.2 Å². The Morgan fingerprint density at radius 1 is 1.29 bits per heavy atom. The zero-order valence-corrected chi connectivity index (χ0v) is 12.6. The lowest BCUT2D eigenvalue weighted by atomic mass is 9.89. The lowest BCUT2D eigenvalue weighted by molar-refractivity contribution is -0.131. The molecule has 0 atom stereocenters. The Bertz CT molecular complexity index is 649. The van der Waals surface area contributed by atoms with Gasteiger partial charge in [0.2, 0.25) is 0 Å². The fraction of sp³-hybridized carbons (Fsp3) is 0.294. The van der Waals surface area contributed by atoms with Crippen molar-refractivity contribution in [3.63, 3.8) is 0 Å². The summed E-state index contributed by atoms with van der Waals surface area (Å²) in [5.74, 6) is -0.953. The first-order valence-corrected chi connectivity index (χ1v) is 6.89. The monoisotopic (exact) mass is 284 g/mol. The molecule has 0 unspecified atom stereocenters. The van der Waals surface area contributed by atoms with E-state index in [4.69, 9.17) is 5.11 Å². The zero-order chi connectivity index (χ0) is 15.5. The van der Waals surface area contributed by atoms with Crippen LogP contribution in [0.5, 0.6) is 0 Å². The number of hydrogen-bond donors (Lipinski definition) is 1. The van der Waals surface area contributed by atoms with E-state index in [-0.39, 0.29) is 5.41 Å². The van der Waals surface area contributed by atoms with E-state index in [1.165, 1.54) is 0 Å². The molecule has 110 valence electrons. The van der Waals surface area contributed by atoms with Crippen molar-refractivity contribution in [1.82, 2.24) is 9.78 Å². The number of benzene rings is 1. The molecule has 4 nitrogen and oxygen atoms in total. The number of carbonyl (C=O) groups is 1. The summed E-state index contributed by atoms with van der Waals surface area (Å²) in [6.45, 7) is 6.88. The summed E-state index contributed by atoms with van der Waals surface area (Å²) in [7, 11) is 0. The minimum absolute atomic E-state index is 0.139. The van der Waals surface area contributed by atoms with Gasteiger partial charge in [-0.05, 0) is 11.6 Å². The van der Waals surface area contributed by atoms with E-state index in [1.807, 2.05) is 41.2 Å². The first-order valence-electron chi connectivity index (χ1n) is 6.89. The van der Waals surface area contributed by atoms with E-state index in [0.29, 0.717) is 6.54 Å². The molecule has 2 rings (SSSR count). The largest absolute Gasteiger partial charge is 0.478 e. The van der Waals surface area contributed by atoms with Crippen molar-refractivity contribution in [3.8, 4) is 0 Å². The van der Waals surface area contributed by atoms with Crippen molar-refractivity contribution in [3.05, 3.63) is 59.4 Å². The molecule has 0 radical (unpaired) electrons. The predicted molar refractivity (Wildman–Crippen MR) is 83.1 cm³/mol. The van der Waals surface area contributed by atoms with E-state index in [0.717, 1.165) is 22.9 Å². The Morgan fingerprint density at radius 3 is 2.52 bits per heavy atom. The minimum Gasteiger partial charge on any atom is -0.478 e. The van der Waals surface area contributed by atoms with E-state index in [9.17, 15) is 4.79 Å². The molecule has 2 aromatic rings. The highest BCUT2D eigenvalue weighted by atomic mass is 16.4. The highest BCUT2D eigenvalue weighted by Gasteiger charge is 2.21. The Kier molecular flexibility index (Phi) is 4.26. The van der Waals surface area contributed by atoms with E-state index >= 15 is 0 Å². The molecule has 0 saturated carbocycles. The van der Waals surface area contributed by atoms with Gasteiger partial charge in [-0.25, -0.2) is 4.79 Å². The summed E-state index contributed by atoms with van der Waals surface area (Å²) in [6.07, 6.45) is 4.66. The topological polar surface area (TPSA) is 55.1 Å². The van der Waals surface area contributed by atoms with Gasteiger partial charge < -0.3 is 5.11 Å². The van der Waals surface area contributed by atoms with E-state index in [2.05, 4.69) is 25.9 Å². The lowest BCUT2D eigenvalue weighted by Gasteiger charge is -2.16. The smallest absolute Gasteiger partial charge is 0.328 e. The molecule has 0 aliphatic heterocycles. The number of carboxylic acid groups (broad SMARTS) is 1. The number of carboxylic acids is 1. The second kappa shape index (κ2) is 5.95. The van der Waals surface area contributed by atoms with Crippen LogP contribution in [-0.4, -0.2) is 20.9 Å². The average Bonchev–Trinajstić information content (AvgIpc) is 2.80. The molecule has 0 spiro atoms. The van der Waals surface area contributed by atoms with Crippen molar-refractivity contribution in [1.29, 1.82) is 0 Å². The van der Waals surface area contributed by atoms with Gasteiger partial charge in [-0.1, -0.05) is 51.1 Å². The van der Waals surface area contributed by atoms with Crippen molar-refractivity contribution >= 4 is 12.0 Å². The molecular weight excluding hydrogens is 264 g/mol. The van der Waals surface area contributed by atoms with Gasteiger partial charge >= 0.3 is 5.97 Å². The van der Waals surface area contributed by atoms with Crippen LogP contribution in [0.25, 0.3) is 6.08 Å². The molecule has 0 bridgehead atoms. The fourth-order valence-corrected chi connectivity index (χ4v) is 2.15. The van der Waals surface area contributed by atoms with Gasteiger partial charge in [-0.3, -0.25) is 4.68 Å². The zero-order valence-electron chi connectivity index (χ0n) is 12.6. The van der Waals surface area contributed by atoms with E-state index < -0.39 is 5.97 Å². The fourth-order valence-electron chi connectivity index (χ4n) is 2.15. The summed E-state index contributed by atoms with van der Waals surface area (Å²) in [4.78, 5) is 10.7. The Balaban J connectivity index is 2.34. The molecule has 4 heteroatoms. The van der Waals surface area contributed by atoms with Gasteiger partial charge in [-0.2, -0.15) is 5.10 Å². The molecule has 1 heterocycles. The Hall–Kier alpha value is -2.36. The molecule has 1 aromatic carbocycles. The van der Waals surface area contributed by atoms with Crippen LogP contribution in [0.15, 0.2) is 42.6 Å². The molecule has 1 N–H and O–H groups in total. The maximum atomic E-state index is 10.7. The number of hydrogen-bond acceptors (Lipinski definition) is 2. The van der Waals surface area contributed by atoms with Crippen LogP contribution in [0.3, 0.4) is 0 Å². The van der Waals surface area contributed by atoms with Crippen molar-refractivity contribution in [2.45, 2.75) is 32.7 Å². The molecule has 0 aliphatic carbocycles. The molecule has 0 fully saturated rings. The second-order valence-electron chi connectivity index (χ2n) is 6.04. The van der Waals surface area contributed by atoms with Gasteiger partial charge in [0.15, 0.2) is 0 Å². The van der Waals surface area contributed by atoms with Crippen molar-refractivity contribution in [2.75, 3.05) is 0 Å². The molecule has 0 aliphatic rings. The molecule has 0 amide bonds. The maximum absolute atomic E-state index is 10.7. The third kappa shape index (κ3) is 4.05. The predicted octanol–water partition coefficient (Wildman–Crippen LogP) is 3.33. The molecule has 0 saturated heterocycles. The lowest BCUT2D eigenvalue weighted by Crippen LogP contribution is -2.14. The normalized spacial score (nSPS) is 12.0. The standard InChI is InChI=1S/C17H20N2O2/c1-17(2,3)16-14(9-10-15(20)21)12-19(18-16)11-13-7-5-4-6-8-13/h4-10,12H,11H2,1-3H3,(H,20,21)/b10-9+. The highest BCUT2D eigenvalue weighted by Crippen LogP contribution is 2.25. The molecular formula is C17H20N2O2. The molecule has 1 aromatic heterocycles. The maximum Gasteiger partial charge on any atom is 0.328 e. The van der Waals surface area contributed by atoms with E-state index in [1.54, 1.807) is 6.08 Å². The van der Waals surface area contributed by atoms with Gasteiger partial charge in [0.1, 0.15) is 0 Å². The van der Waals surface area contributed by atoms with Crippen molar-refractivity contribution in [2.24, 2.45) is 0 Å². The van der Waals surface area contributed by atoms with Crippen LogP contribution in [0, 0.1) is 0 Å². The minimum atomic E-state index is -0.953. The van der Waals surface area contributed by atoms with Gasteiger partial charge in [0.25, 0.3) is 0 Å². The summed E-state index contributed by atoms with van der Waals surface area (Å²) in [5.41, 5.74) is 2.77. The van der Waals surface area contributed by atoms with Gasteiger partial charge in [0, 0.05) is 23.3 Å². The number of aliphatic carboxylic acids is 1. The average molecular weight is 284 g/mol. The van der Waals surface area contributed by atoms with Crippen LogP contribution in [0.2, 0.25) is 0 Å². The van der Waals surface area contributed by atoms with Gasteiger partial charge in [-0.15, -0.1) is 0 Å². The third-order valence-electron chi connectivity index (χ3n) is 3.09. The van der Waals surface area contributed by atoms with Crippen LogP contribution < -0.4 is 0 Å². The number of aromatic nitrogens is 2. The Labute approximate surface area is 124 Å². The molecule has 21 heavy (non-hydrogen) atoms. The highest BCUT2D eigenvalue weighted by molar-refractivity contribution is 5.85. The SMILES string of the molecule is CC(C)(C)c1nn(Cc2ccccc2)cc1/C=C/C(=O)O. The van der Waals surface area contributed by atoms with Crippen LogP contribution >= 0.6 is 0 Å². The summed E-state index contributed by atoms with van der Waals surface area (Å²) in [5, 5.41) is 13.4. The Morgan fingerprint density at radius 2 is 1.95 bits per heavy atom. The first kappa shape index (κ1) is 15.0. The number of rotatable bonds is 4. The second-order valence-corrected chi connectivity index (χ2v) is 6.04. The summed E-state index contributed by atoms with van der Waals surface area (Å²) in [6, 6.07) is 10.1.